The van der Waals surface area contributed by atoms with Gasteiger partial charge in [-0.1, -0.05) is 49.6 Å². The van der Waals surface area contributed by atoms with Crippen molar-refractivity contribution in [2.45, 2.75) is 0 Å². The maximum atomic E-state index is 12.6. The quantitative estimate of drug-likeness (QED) is 0.150. The summed E-state index contributed by atoms with van der Waals surface area (Å²) in [7, 11) is 0. The number of nitrogens with one attached hydrogen (secondary N) is 2. The Balaban J connectivity index is 1.99. The smallest absolute Gasteiger partial charge is 0.317 e. The summed E-state index contributed by atoms with van der Waals surface area (Å²) >= 11 is 0. The lowest BCUT2D eigenvalue weighted by Gasteiger charge is -2.28. The molecule has 5 N–H and O–H groups in total. The number of nitrogens with zero attached hydrogens (tertiary/aromatic N) is 3. The Bertz CT molecular complexity index is 1190. The molecule has 0 spiro atoms. The molecule has 0 unspecified atom stereocenters. The molecule has 230 valence electrons. The zero-order chi connectivity index (χ0) is 31.8. The highest BCUT2D eigenvalue weighted by molar-refractivity contribution is 5.93. The van der Waals surface area contributed by atoms with Gasteiger partial charge in [-0.2, -0.15) is 0 Å². The lowest BCUT2D eigenvalue weighted by molar-refractivity contribution is -0.140. The molecule has 13 nitrogen and oxygen atoms in total. The second-order valence-corrected chi connectivity index (χ2v) is 9.63. The number of hydrogen-bond acceptors (Lipinski definition) is 8. The van der Waals surface area contributed by atoms with Crippen LogP contribution >= 0.6 is 0 Å². The highest BCUT2D eigenvalue weighted by Gasteiger charge is 2.20. The molecule has 0 atom stereocenters. The van der Waals surface area contributed by atoms with E-state index in [1.54, 1.807) is 60.7 Å². The van der Waals surface area contributed by atoms with E-state index in [-0.39, 0.29) is 39.3 Å². The molecule has 0 aliphatic rings. The topological polar surface area (TPSA) is 180 Å². The minimum absolute atomic E-state index is 0.0442. The SMILES string of the molecule is C=Cc1ccc(NC(=O)CN(CCN(CCN(CC(=O)O)CC(=O)Nc2ccc(C=C)cc2)CC(=O)O)CC(=O)O)cc1. The van der Waals surface area contributed by atoms with Crippen molar-refractivity contribution in [1.29, 1.82) is 0 Å². The van der Waals surface area contributed by atoms with E-state index in [1.807, 2.05) is 0 Å². The summed E-state index contributed by atoms with van der Waals surface area (Å²) in [6, 6.07) is 13.8. The molecule has 0 bridgehead atoms. The van der Waals surface area contributed by atoms with Crippen molar-refractivity contribution >= 4 is 53.2 Å². The Morgan fingerprint density at radius 1 is 0.535 bits per heavy atom. The fraction of sp³-hybridized carbons (Fsp3) is 0.300. The summed E-state index contributed by atoms with van der Waals surface area (Å²) in [6.07, 6.45) is 3.31. The van der Waals surface area contributed by atoms with Crippen LogP contribution in [0.15, 0.2) is 61.7 Å². The summed E-state index contributed by atoms with van der Waals surface area (Å²) in [4.78, 5) is 63.8. The van der Waals surface area contributed by atoms with E-state index < -0.39 is 49.4 Å². The molecule has 2 aromatic rings. The van der Waals surface area contributed by atoms with Crippen LogP contribution in [0.4, 0.5) is 11.4 Å². The molecule has 0 saturated carbocycles. The molecule has 2 amide bonds. The zero-order valence-corrected chi connectivity index (χ0v) is 23.8. The fourth-order valence-corrected chi connectivity index (χ4v) is 4.05. The van der Waals surface area contributed by atoms with Gasteiger partial charge in [-0.3, -0.25) is 38.7 Å². The van der Waals surface area contributed by atoms with Crippen LogP contribution in [-0.4, -0.2) is 119 Å². The van der Waals surface area contributed by atoms with Crippen molar-refractivity contribution in [3.63, 3.8) is 0 Å². The molecule has 0 aliphatic carbocycles. The summed E-state index contributed by atoms with van der Waals surface area (Å²) in [5.41, 5.74) is 2.78. The van der Waals surface area contributed by atoms with Crippen LogP contribution in [0, 0.1) is 0 Å². The fourth-order valence-electron chi connectivity index (χ4n) is 4.05. The van der Waals surface area contributed by atoms with Gasteiger partial charge >= 0.3 is 17.9 Å². The van der Waals surface area contributed by atoms with E-state index in [4.69, 9.17) is 0 Å². The molecular formula is C30H37N5O8. The molecular weight excluding hydrogens is 558 g/mol. The molecule has 0 fully saturated rings. The van der Waals surface area contributed by atoms with E-state index in [0.717, 1.165) is 11.1 Å². The lowest BCUT2D eigenvalue weighted by Crippen LogP contribution is -2.46. The Kier molecular flexibility index (Phi) is 14.3. The standard InChI is InChI=1S/C30H37N5O8/c1-3-22-5-9-24(10-6-22)31-26(36)17-34(20-29(40)41)15-13-33(19-28(38)39)14-16-35(21-30(42)43)18-27(37)32-25-11-7-23(4-2)8-12-25/h3-12H,1-2,13-21H2,(H,31,36)(H,32,37)(H,38,39)(H,40,41)(H,42,43). The molecule has 0 radical (unpaired) electrons. The van der Waals surface area contributed by atoms with E-state index in [0.29, 0.717) is 11.4 Å². The molecule has 13 heteroatoms. The minimum atomic E-state index is -1.16. The number of carbonyl (C=O) groups is 5. The number of carbonyl (C=O) groups excluding carboxylic acids is 2. The number of carboxylic acid groups (broad SMARTS) is 3. The average molecular weight is 596 g/mol. The van der Waals surface area contributed by atoms with Gasteiger partial charge < -0.3 is 26.0 Å². The lowest BCUT2D eigenvalue weighted by atomic mass is 10.2. The first-order valence-electron chi connectivity index (χ1n) is 13.3. The summed E-state index contributed by atoms with van der Waals surface area (Å²) in [5, 5.41) is 33.5. The number of amides is 2. The van der Waals surface area contributed by atoms with Crippen molar-refractivity contribution in [2.75, 3.05) is 69.5 Å². The third-order valence-electron chi connectivity index (χ3n) is 6.14. The van der Waals surface area contributed by atoms with Gasteiger partial charge in [0.15, 0.2) is 0 Å². The van der Waals surface area contributed by atoms with Gasteiger partial charge in [-0.15, -0.1) is 0 Å². The molecule has 0 aliphatic heterocycles. The molecule has 0 heterocycles. The van der Waals surface area contributed by atoms with Gasteiger partial charge in [0, 0.05) is 37.6 Å². The average Bonchev–Trinajstić information content (AvgIpc) is 2.94. The highest BCUT2D eigenvalue weighted by Crippen LogP contribution is 2.11. The molecule has 0 aromatic heterocycles. The van der Waals surface area contributed by atoms with Gasteiger partial charge in [0.25, 0.3) is 0 Å². The summed E-state index contributed by atoms with van der Waals surface area (Å²) < 4.78 is 0. The van der Waals surface area contributed by atoms with Gasteiger partial charge in [0.2, 0.25) is 11.8 Å². The van der Waals surface area contributed by atoms with Crippen LogP contribution in [0.2, 0.25) is 0 Å². The number of benzene rings is 2. The zero-order valence-electron chi connectivity index (χ0n) is 23.8. The number of aliphatic carboxylic acids is 3. The largest absolute Gasteiger partial charge is 0.480 e. The molecule has 43 heavy (non-hydrogen) atoms. The van der Waals surface area contributed by atoms with Crippen LogP contribution in [0.25, 0.3) is 12.2 Å². The van der Waals surface area contributed by atoms with Gasteiger partial charge in [-0.25, -0.2) is 0 Å². The first-order chi connectivity index (χ1) is 20.5. The Morgan fingerprint density at radius 3 is 1.14 bits per heavy atom. The first-order valence-corrected chi connectivity index (χ1v) is 13.3. The molecule has 0 saturated heterocycles. The monoisotopic (exact) mass is 595 g/mol. The molecule has 2 rings (SSSR count). The van der Waals surface area contributed by atoms with E-state index >= 15 is 0 Å². The third kappa shape index (κ3) is 14.1. The van der Waals surface area contributed by atoms with Crippen LogP contribution in [0.3, 0.4) is 0 Å². The van der Waals surface area contributed by atoms with Crippen LogP contribution < -0.4 is 10.6 Å². The Hall–Kier alpha value is -4.85. The van der Waals surface area contributed by atoms with E-state index in [9.17, 15) is 39.3 Å². The highest BCUT2D eigenvalue weighted by atomic mass is 16.4. The van der Waals surface area contributed by atoms with Crippen molar-refractivity contribution < 1.29 is 39.3 Å². The summed E-state index contributed by atoms with van der Waals surface area (Å²) in [6.45, 7) is 5.74. The normalized spacial score (nSPS) is 10.9. The van der Waals surface area contributed by atoms with Gasteiger partial charge in [-0.05, 0) is 35.4 Å². The van der Waals surface area contributed by atoms with Crippen LogP contribution in [0.1, 0.15) is 11.1 Å². The van der Waals surface area contributed by atoms with Crippen molar-refractivity contribution in [2.24, 2.45) is 0 Å². The van der Waals surface area contributed by atoms with Gasteiger partial charge in [0.1, 0.15) is 0 Å². The summed E-state index contributed by atoms with van der Waals surface area (Å²) in [5.74, 6) is -4.36. The van der Waals surface area contributed by atoms with Crippen LogP contribution in [-0.2, 0) is 24.0 Å². The van der Waals surface area contributed by atoms with Crippen molar-refractivity contribution in [1.82, 2.24) is 14.7 Å². The van der Waals surface area contributed by atoms with Crippen molar-refractivity contribution in [3.05, 3.63) is 72.8 Å². The predicted octanol–water partition coefficient (Wildman–Crippen LogP) is 1.71. The number of anilines is 2. The van der Waals surface area contributed by atoms with Crippen LogP contribution in [0.5, 0.6) is 0 Å². The number of hydrogen-bond donors (Lipinski definition) is 5. The maximum absolute atomic E-state index is 12.6. The number of carboxylic acids is 3. The third-order valence-corrected chi connectivity index (χ3v) is 6.14. The molecule has 2 aromatic carbocycles. The van der Waals surface area contributed by atoms with E-state index in [1.165, 1.54) is 14.7 Å². The number of rotatable bonds is 20. The second-order valence-electron chi connectivity index (χ2n) is 9.63. The van der Waals surface area contributed by atoms with Crippen molar-refractivity contribution in [3.8, 4) is 0 Å². The maximum Gasteiger partial charge on any atom is 0.317 e. The first kappa shape index (κ1) is 34.4. The minimum Gasteiger partial charge on any atom is -0.480 e. The predicted molar refractivity (Wildman–Crippen MR) is 163 cm³/mol. The van der Waals surface area contributed by atoms with Gasteiger partial charge in [0.05, 0.1) is 32.7 Å². The Morgan fingerprint density at radius 2 is 0.837 bits per heavy atom. The van der Waals surface area contributed by atoms with E-state index in [2.05, 4.69) is 23.8 Å². The second kappa shape index (κ2) is 17.9. The Labute approximate surface area is 249 Å².